The minimum Gasteiger partial charge on any atom is -0.386 e. The number of nitrogens with zero attached hydrogens (tertiary/aromatic N) is 7. The first-order chi connectivity index (χ1) is 17.9. The van der Waals surface area contributed by atoms with Crippen LogP contribution >= 0.6 is 0 Å². The number of nitrogens with two attached hydrogens (primary N) is 2. The predicted molar refractivity (Wildman–Crippen MR) is 147 cm³/mol. The minimum atomic E-state index is -0.126. The van der Waals surface area contributed by atoms with Crippen molar-refractivity contribution in [1.29, 1.82) is 0 Å². The van der Waals surface area contributed by atoms with Gasteiger partial charge in [-0.3, -0.25) is 19.6 Å². The molecule has 194 valence electrons. The van der Waals surface area contributed by atoms with E-state index in [1.165, 1.54) is 12.8 Å². The van der Waals surface area contributed by atoms with Crippen molar-refractivity contribution < 1.29 is 4.79 Å². The average molecular weight is 502 g/mol. The number of fused-ring (bicyclic) bond motifs is 3. The quantitative estimate of drug-likeness (QED) is 0.444. The highest BCUT2D eigenvalue weighted by Crippen LogP contribution is 2.39. The molecule has 2 fully saturated rings. The number of imidazole rings is 1. The lowest BCUT2D eigenvalue weighted by atomic mass is 10.1. The number of benzene rings is 1. The lowest BCUT2D eigenvalue weighted by molar-refractivity contribution is 0.0844. The number of hydrogen-bond acceptors (Lipinski definition) is 7. The van der Waals surface area contributed by atoms with Crippen molar-refractivity contribution in [2.24, 2.45) is 27.4 Å². The smallest absolute Gasteiger partial charge is 0.281 e. The second-order valence-electron chi connectivity index (χ2n) is 10.6. The van der Waals surface area contributed by atoms with Gasteiger partial charge in [-0.25, -0.2) is 4.99 Å². The molecule has 0 radical (unpaired) electrons. The summed E-state index contributed by atoms with van der Waals surface area (Å²) in [5, 5.41) is 0. The number of amidine groups is 1. The summed E-state index contributed by atoms with van der Waals surface area (Å²) in [6, 6.07) is 7.87. The molecule has 3 aliphatic heterocycles. The van der Waals surface area contributed by atoms with Crippen LogP contribution in [0.3, 0.4) is 0 Å². The molecule has 4 N–H and O–H groups in total. The molecule has 37 heavy (non-hydrogen) atoms. The van der Waals surface area contributed by atoms with Crippen LogP contribution in [0.2, 0.25) is 0 Å². The Labute approximate surface area is 217 Å². The Kier molecular flexibility index (Phi) is 5.98. The Hall–Kier alpha value is -3.66. The first-order valence-electron chi connectivity index (χ1n) is 13.2. The van der Waals surface area contributed by atoms with Crippen LogP contribution in [-0.2, 0) is 6.54 Å². The van der Waals surface area contributed by atoms with E-state index >= 15 is 0 Å². The van der Waals surface area contributed by atoms with Crippen molar-refractivity contribution in [3.05, 3.63) is 42.1 Å². The van der Waals surface area contributed by atoms with Gasteiger partial charge in [0.25, 0.3) is 5.91 Å². The van der Waals surface area contributed by atoms with E-state index in [0.29, 0.717) is 42.3 Å². The molecule has 6 rings (SSSR count). The van der Waals surface area contributed by atoms with Gasteiger partial charge in [0, 0.05) is 37.8 Å². The maximum atomic E-state index is 14.1. The van der Waals surface area contributed by atoms with Crippen molar-refractivity contribution in [2.45, 2.75) is 45.2 Å². The average Bonchev–Trinajstić information content (AvgIpc) is 3.41. The van der Waals surface area contributed by atoms with Crippen LogP contribution in [-0.4, -0.2) is 70.9 Å². The van der Waals surface area contributed by atoms with Gasteiger partial charge in [-0.15, -0.1) is 0 Å². The molecule has 1 saturated heterocycles. The third-order valence-corrected chi connectivity index (χ3v) is 7.52. The molecule has 0 spiro atoms. The number of guanidine groups is 1. The van der Waals surface area contributed by atoms with Crippen LogP contribution in [0.5, 0.6) is 0 Å². The van der Waals surface area contributed by atoms with E-state index in [-0.39, 0.29) is 18.5 Å². The van der Waals surface area contributed by atoms with E-state index in [9.17, 15) is 4.79 Å². The zero-order chi connectivity index (χ0) is 25.7. The first-order valence-corrected chi connectivity index (χ1v) is 13.2. The Morgan fingerprint density at radius 3 is 2.78 bits per heavy atom. The van der Waals surface area contributed by atoms with Crippen LogP contribution < -0.4 is 21.3 Å². The van der Waals surface area contributed by atoms with E-state index in [0.717, 1.165) is 55.2 Å². The monoisotopic (exact) mass is 501 g/mol. The fourth-order valence-corrected chi connectivity index (χ4v) is 5.50. The van der Waals surface area contributed by atoms with E-state index in [1.54, 1.807) is 4.90 Å². The van der Waals surface area contributed by atoms with E-state index in [4.69, 9.17) is 16.5 Å². The number of allylic oxidation sites excluding steroid dienone is 1. The lowest BCUT2D eigenvalue weighted by Crippen LogP contribution is -2.53. The molecular weight excluding hydrogens is 466 g/mol. The Morgan fingerprint density at radius 1 is 1.22 bits per heavy atom. The van der Waals surface area contributed by atoms with Gasteiger partial charge in [-0.2, -0.15) is 4.98 Å². The number of para-hydroxylation sites is 1. The highest BCUT2D eigenvalue weighted by Gasteiger charge is 2.43. The van der Waals surface area contributed by atoms with Crippen molar-refractivity contribution in [3.63, 3.8) is 0 Å². The highest BCUT2D eigenvalue weighted by molar-refractivity contribution is 6.19. The van der Waals surface area contributed by atoms with E-state index < -0.39 is 0 Å². The third kappa shape index (κ3) is 4.39. The number of carbonyl (C=O) groups is 1. The minimum absolute atomic E-state index is 0.117. The summed E-state index contributed by atoms with van der Waals surface area (Å²) in [4.78, 5) is 34.5. The number of amides is 1. The summed E-state index contributed by atoms with van der Waals surface area (Å²) in [5.41, 5.74) is 16.0. The van der Waals surface area contributed by atoms with Crippen LogP contribution in [0.1, 0.15) is 48.7 Å². The normalized spacial score (nSPS) is 21.7. The van der Waals surface area contributed by atoms with Gasteiger partial charge in [0.15, 0.2) is 11.5 Å². The molecular formula is C27H35N9O. The number of piperidine rings is 1. The number of aromatic nitrogens is 2. The topological polar surface area (TPSA) is 121 Å². The van der Waals surface area contributed by atoms with Crippen LogP contribution in [0.15, 0.2) is 40.8 Å². The van der Waals surface area contributed by atoms with Gasteiger partial charge < -0.3 is 20.9 Å². The molecule has 0 unspecified atom stereocenters. The van der Waals surface area contributed by atoms with Crippen LogP contribution in [0.25, 0.3) is 5.57 Å². The Balaban J connectivity index is 1.37. The van der Waals surface area contributed by atoms with Gasteiger partial charge in [0.2, 0.25) is 11.9 Å². The van der Waals surface area contributed by atoms with Crippen LogP contribution in [0, 0.1) is 5.92 Å². The molecule has 1 atom stereocenters. The zero-order valence-corrected chi connectivity index (χ0v) is 21.4. The predicted octanol–water partition coefficient (Wildman–Crippen LogP) is 2.57. The molecule has 4 heterocycles. The second kappa shape index (κ2) is 9.33. The van der Waals surface area contributed by atoms with Crippen molar-refractivity contribution in [3.8, 4) is 0 Å². The summed E-state index contributed by atoms with van der Waals surface area (Å²) >= 11 is 0. The fraction of sp³-hybridized carbons (Fsp3) is 0.481. The highest BCUT2D eigenvalue weighted by atomic mass is 16.2. The molecule has 1 amide bonds. The second-order valence-corrected chi connectivity index (χ2v) is 10.6. The maximum Gasteiger partial charge on any atom is 0.281 e. The summed E-state index contributed by atoms with van der Waals surface area (Å²) in [7, 11) is 0. The lowest BCUT2D eigenvalue weighted by Gasteiger charge is -2.33. The SMILES string of the molecule is C=C(C)c1ccccc1/N=C(\N)CN1C(=O)c2c(nc(N3CCC[C@@H](N)C3)n2CC2CC2)N2CCN=C12. The largest absolute Gasteiger partial charge is 0.386 e. The standard InChI is InChI=1S/C27H35N9O/c1-17(2)20-7-3-4-8-21(20)31-22(29)16-36-25(37)23-24(34-13-11-30-26(34)36)32-27(35(23)14-18-9-10-18)33-12-5-6-19(28)15-33/h3-4,7-8,18-19H,1,5-6,9-16,28H2,2H3,(H2,29,31)/t19-/m1/s1. The molecule has 1 aromatic carbocycles. The van der Waals surface area contributed by atoms with Crippen LogP contribution in [0.4, 0.5) is 17.5 Å². The molecule has 1 saturated carbocycles. The van der Waals surface area contributed by atoms with Gasteiger partial charge in [0.05, 0.1) is 18.8 Å². The molecule has 10 nitrogen and oxygen atoms in total. The Morgan fingerprint density at radius 2 is 2.03 bits per heavy atom. The molecule has 1 aliphatic carbocycles. The summed E-state index contributed by atoms with van der Waals surface area (Å²) in [6.45, 7) is 9.87. The zero-order valence-electron chi connectivity index (χ0n) is 21.4. The molecule has 0 bridgehead atoms. The van der Waals surface area contributed by atoms with E-state index in [1.807, 2.05) is 31.2 Å². The Bertz CT molecular complexity index is 1300. The van der Waals surface area contributed by atoms with Gasteiger partial charge >= 0.3 is 0 Å². The number of carbonyl (C=O) groups excluding carboxylic acids is 1. The third-order valence-electron chi connectivity index (χ3n) is 7.52. The first kappa shape index (κ1) is 23.7. The molecule has 1 aromatic heterocycles. The summed E-state index contributed by atoms with van der Waals surface area (Å²) in [5.74, 6) is 2.95. The fourth-order valence-electron chi connectivity index (χ4n) is 5.50. The molecule has 10 heteroatoms. The maximum absolute atomic E-state index is 14.1. The number of aliphatic imine (C=N–C) groups is 2. The van der Waals surface area contributed by atoms with Crippen molar-refractivity contribution >= 4 is 40.7 Å². The van der Waals surface area contributed by atoms with E-state index in [2.05, 4.69) is 30.9 Å². The number of hydrogen-bond donors (Lipinski definition) is 2. The summed E-state index contributed by atoms with van der Waals surface area (Å²) in [6.07, 6.45) is 4.41. The molecule has 2 aromatic rings. The number of rotatable bonds is 7. The van der Waals surface area contributed by atoms with Gasteiger partial charge in [-0.05, 0) is 50.2 Å². The molecule has 4 aliphatic rings. The van der Waals surface area contributed by atoms with Gasteiger partial charge in [0.1, 0.15) is 5.84 Å². The van der Waals surface area contributed by atoms with Crippen molar-refractivity contribution in [1.82, 2.24) is 14.5 Å². The number of anilines is 2. The van der Waals surface area contributed by atoms with Gasteiger partial charge in [-0.1, -0.05) is 24.8 Å². The summed E-state index contributed by atoms with van der Waals surface area (Å²) < 4.78 is 2.14. The van der Waals surface area contributed by atoms with Crippen molar-refractivity contribution in [2.75, 3.05) is 42.5 Å².